The number of thioether (sulfide) groups is 1. The van der Waals surface area contributed by atoms with E-state index in [4.69, 9.17) is 10.7 Å². The van der Waals surface area contributed by atoms with Crippen molar-refractivity contribution in [3.8, 4) is 5.69 Å². The Morgan fingerprint density at radius 1 is 1.16 bits per heavy atom. The number of hydrogen-bond acceptors (Lipinski definition) is 7. The van der Waals surface area contributed by atoms with Crippen LogP contribution in [0.25, 0.3) is 15.8 Å². The lowest BCUT2D eigenvalue weighted by molar-refractivity contribution is -0.132. The van der Waals surface area contributed by atoms with E-state index >= 15 is 0 Å². The number of hydrogen-bond donors (Lipinski definition) is 2. The highest BCUT2D eigenvalue weighted by molar-refractivity contribution is 7.99. The van der Waals surface area contributed by atoms with Gasteiger partial charge in [-0.2, -0.15) is 0 Å². The fraction of sp³-hybridized carbons (Fsp3) is 0.345. The van der Waals surface area contributed by atoms with Crippen LogP contribution in [0.2, 0.25) is 0 Å². The Bertz CT molecular complexity index is 1540. The molecule has 2 aromatic carbocycles. The van der Waals surface area contributed by atoms with Gasteiger partial charge in [-0.1, -0.05) is 48.5 Å². The van der Waals surface area contributed by atoms with Gasteiger partial charge in [-0.15, -0.1) is 11.3 Å². The zero-order chi connectivity index (χ0) is 26.1. The van der Waals surface area contributed by atoms with E-state index in [2.05, 4.69) is 35.0 Å². The highest BCUT2D eigenvalue weighted by Gasteiger charge is 2.29. The lowest BCUT2D eigenvalue weighted by atomic mass is 10.0. The maximum atomic E-state index is 13.8. The molecule has 2 aliphatic rings. The molecule has 1 amide bonds. The monoisotopic (exact) mass is 545 g/mol. The number of carbonyl (C=O) groups is 1. The van der Waals surface area contributed by atoms with Crippen molar-refractivity contribution in [2.45, 2.75) is 55.6 Å². The van der Waals surface area contributed by atoms with Crippen LogP contribution in [0.4, 0.5) is 5.69 Å². The van der Waals surface area contributed by atoms with Crippen molar-refractivity contribution in [2.24, 2.45) is 0 Å². The SMILES string of the molecule is Nc1ccccc1-n1c(SC2CCC2)nc2c(c1=O)CN(C(=O)CCNCc1csc3ccccc13)CC2. The van der Waals surface area contributed by atoms with Crippen LogP contribution < -0.4 is 16.6 Å². The summed E-state index contributed by atoms with van der Waals surface area (Å²) in [7, 11) is 0. The number of nitrogens with two attached hydrogens (primary N) is 1. The third-order valence-electron chi connectivity index (χ3n) is 7.45. The molecule has 3 heterocycles. The zero-order valence-corrected chi connectivity index (χ0v) is 22.8. The van der Waals surface area contributed by atoms with E-state index < -0.39 is 0 Å². The molecule has 7 nitrogen and oxygen atoms in total. The highest BCUT2D eigenvalue weighted by atomic mass is 32.2. The van der Waals surface area contributed by atoms with E-state index in [9.17, 15) is 9.59 Å². The first-order chi connectivity index (χ1) is 18.6. The van der Waals surface area contributed by atoms with Crippen LogP contribution in [0.15, 0.2) is 63.9 Å². The second-order valence-corrected chi connectivity index (χ2v) is 12.1. The maximum Gasteiger partial charge on any atom is 0.264 e. The molecule has 4 aromatic rings. The summed E-state index contributed by atoms with van der Waals surface area (Å²) in [5.74, 6) is 0.0522. The average Bonchev–Trinajstić information content (AvgIpc) is 3.32. The van der Waals surface area contributed by atoms with Gasteiger partial charge in [-0.25, -0.2) is 4.98 Å². The quantitative estimate of drug-likeness (QED) is 0.189. The molecule has 0 bridgehead atoms. The number of amides is 1. The third-order valence-corrected chi connectivity index (χ3v) is 9.75. The van der Waals surface area contributed by atoms with Crippen molar-refractivity contribution in [1.29, 1.82) is 0 Å². The fourth-order valence-electron chi connectivity index (χ4n) is 5.03. The van der Waals surface area contributed by atoms with E-state index in [1.165, 1.54) is 22.1 Å². The Morgan fingerprint density at radius 3 is 2.79 bits per heavy atom. The van der Waals surface area contributed by atoms with Crippen LogP contribution in [0.3, 0.4) is 0 Å². The summed E-state index contributed by atoms with van der Waals surface area (Å²) in [5, 5.41) is 8.05. The van der Waals surface area contributed by atoms with E-state index in [1.54, 1.807) is 38.6 Å². The molecule has 1 aliphatic heterocycles. The smallest absolute Gasteiger partial charge is 0.264 e. The number of benzene rings is 2. The second-order valence-electron chi connectivity index (χ2n) is 9.94. The van der Waals surface area contributed by atoms with Gasteiger partial charge in [0.1, 0.15) is 0 Å². The Kier molecular flexibility index (Phi) is 7.23. The predicted octanol–water partition coefficient (Wildman–Crippen LogP) is 4.74. The van der Waals surface area contributed by atoms with E-state index in [0.717, 1.165) is 25.1 Å². The van der Waals surface area contributed by atoms with Crippen LogP contribution in [-0.4, -0.2) is 38.7 Å². The number of nitrogens with zero attached hydrogens (tertiary/aromatic N) is 3. The number of thiophene rings is 1. The lowest BCUT2D eigenvalue weighted by Gasteiger charge is -2.30. The Balaban J connectivity index is 1.16. The normalized spacial score (nSPS) is 15.4. The van der Waals surface area contributed by atoms with E-state index in [0.29, 0.717) is 53.3 Å². The maximum absolute atomic E-state index is 13.8. The van der Waals surface area contributed by atoms with Crippen LogP contribution in [0, 0.1) is 0 Å². The minimum Gasteiger partial charge on any atom is -0.397 e. The number of aromatic nitrogens is 2. The zero-order valence-electron chi connectivity index (χ0n) is 21.2. The Labute approximate surface area is 230 Å². The average molecular weight is 546 g/mol. The molecule has 1 aliphatic carbocycles. The summed E-state index contributed by atoms with van der Waals surface area (Å²) in [6.07, 6.45) is 4.48. The first-order valence-electron chi connectivity index (χ1n) is 13.2. The van der Waals surface area contributed by atoms with Crippen molar-refractivity contribution < 1.29 is 4.79 Å². The van der Waals surface area contributed by atoms with Gasteiger partial charge in [-0.3, -0.25) is 14.2 Å². The predicted molar refractivity (Wildman–Crippen MR) is 155 cm³/mol. The van der Waals surface area contributed by atoms with Gasteiger partial charge in [0.2, 0.25) is 5.91 Å². The number of para-hydroxylation sites is 2. The first-order valence-corrected chi connectivity index (χ1v) is 14.9. The van der Waals surface area contributed by atoms with Crippen molar-refractivity contribution in [3.05, 3.63) is 81.1 Å². The van der Waals surface area contributed by atoms with Crippen molar-refractivity contribution in [3.63, 3.8) is 0 Å². The summed E-state index contributed by atoms with van der Waals surface area (Å²) in [6.45, 7) is 2.19. The number of fused-ring (bicyclic) bond motifs is 2. The van der Waals surface area contributed by atoms with Crippen LogP contribution in [0.1, 0.15) is 42.5 Å². The van der Waals surface area contributed by atoms with Gasteiger partial charge in [-0.05, 0) is 47.4 Å². The van der Waals surface area contributed by atoms with E-state index in [-0.39, 0.29) is 18.0 Å². The van der Waals surface area contributed by atoms with Crippen LogP contribution >= 0.6 is 23.1 Å². The van der Waals surface area contributed by atoms with Crippen LogP contribution in [0.5, 0.6) is 0 Å². The lowest BCUT2D eigenvalue weighted by Crippen LogP contribution is -2.42. The molecule has 38 heavy (non-hydrogen) atoms. The number of nitrogen functional groups attached to an aromatic ring is 1. The van der Waals surface area contributed by atoms with Crippen molar-refractivity contribution in [1.82, 2.24) is 19.8 Å². The van der Waals surface area contributed by atoms with Gasteiger partial charge >= 0.3 is 0 Å². The van der Waals surface area contributed by atoms with Crippen LogP contribution in [-0.2, 0) is 24.3 Å². The Morgan fingerprint density at radius 2 is 1.97 bits per heavy atom. The summed E-state index contributed by atoms with van der Waals surface area (Å²) < 4.78 is 2.94. The summed E-state index contributed by atoms with van der Waals surface area (Å²) in [6, 6.07) is 15.8. The molecule has 6 rings (SSSR count). The van der Waals surface area contributed by atoms with E-state index in [1.807, 2.05) is 18.2 Å². The molecule has 0 saturated heterocycles. The third kappa shape index (κ3) is 4.98. The number of carbonyl (C=O) groups excluding carboxylic acids is 1. The molecular weight excluding hydrogens is 514 g/mol. The summed E-state index contributed by atoms with van der Waals surface area (Å²) >= 11 is 3.42. The number of anilines is 1. The molecule has 196 valence electrons. The molecule has 2 aromatic heterocycles. The molecule has 0 unspecified atom stereocenters. The molecule has 3 N–H and O–H groups in total. The van der Waals surface area contributed by atoms with Crippen molar-refractivity contribution in [2.75, 3.05) is 18.8 Å². The molecule has 9 heteroatoms. The van der Waals surface area contributed by atoms with Gasteiger partial charge in [0.25, 0.3) is 5.56 Å². The molecule has 1 fully saturated rings. The second kappa shape index (κ2) is 10.9. The van der Waals surface area contributed by atoms with Crippen molar-refractivity contribution >= 4 is 44.8 Å². The van der Waals surface area contributed by atoms with Gasteiger partial charge in [0.05, 0.1) is 29.2 Å². The molecule has 0 spiro atoms. The minimum atomic E-state index is -0.116. The molecule has 1 saturated carbocycles. The topological polar surface area (TPSA) is 93.2 Å². The highest BCUT2D eigenvalue weighted by Crippen LogP contribution is 2.37. The Hall–Kier alpha value is -3.14. The van der Waals surface area contributed by atoms with Gasteiger partial charge in [0, 0.05) is 42.4 Å². The summed E-state index contributed by atoms with van der Waals surface area (Å²) in [5.41, 5.74) is 10.0. The molecular formula is C29H31N5O2S2. The largest absolute Gasteiger partial charge is 0.397 e. The fourth-order valence-corrected chi connectivity index (χ4v) is 7.31. The molecule has 0 radical (unpaired) electrons. The van der Waals surface area contributed by atoms with Gasteiger partial charge < -0.3 is 16.0 Å². The summed E-state index contributed by atoms with van der Waals surface area (Å²) in [4.78, 5) is 33.7. The first kappa shape index (κ1) is 25.2. The van der Waals surface area contributed by atoms with Gasteiger partial charge in [0.15, 0.2) is 5.16 Å². The molecule has 0 atom stereocenters. The number of rotatable bonds is 8. The standard InChI is InChI=1S/C29H31N5O2S2/c30-23-9-2-3-10-25(23)34-28(36)22-17-33(15-13-24(22)32-29(34)38-20-6-5-7-20)27(35)12-14-31-16-19-18-37-26-11-4-1-8-21(19)26/h1-4,8-11,18,20,31H,5-7,12-17,30H2. The minimum absolute atomic E-state index is 0.0522. The number of nitrogens with one attached hydrogen (secondary N) is 1.